The lowest BCUT2D eigenvalue weighted by atomic mass is 9.82. The summed E-state index contributed by atoms with van der Waals surface area (Å²) in [7, 11) is 0. The van der Waals surface area contributed by atoms with Crippen molar-refractivity contribution in [3.05, 3.63) is 563 Å². The molecule has 0 amide bonds. The van der Waals surface area contributed by atoms with E-state index in [1.54, 1.807) is 0 Å². The molecule has 0 saturated heterocycles. The Balaban J connectivity index is 0.000000110. The first-order chi connectivity index (χ1) is 73.7. The average Bonchev–Trinajstić information content (AvgIpc) is 1.54. The molecule has 1 aliphatic carbocycles. The second-order valence-electron chi connectivity index (χ2n) is 39.1. The molecular weight excluding hydrogens is 1810 g/mol. The normalized spacial score (nSPS) is 12.0. The van der Waals surface area contributed by atoms with Gasteiger partial charge in [0.1, 0.15) is 16.7 Å². The molecule has 3 heterocycles. The molecule has 1 aliphatic rings. The summed E-state index contributed by atoms with van der Waals surface area (Å²) in [6, 6.07) is 198. The van der Waals surface area contributed by atoms with Gasteiger partial charge in [-0.05, 0) is 240 Å². The van der Waals surface area contributed by atoms with Crippen LogP contribution in [0.25, 0.3) is 209 Å². The first-order valence-corrected chi connectivity index (χ1v) is 51.1. The van der Waals surface area contributed by atoms with Gasteiger partial charge in [0.15, 0.2) is 16.7 Å². The second-order valence-corrected chi connectivity index (χ2v) is 39.1. The minimum Gasteiger partial charge on any atom is -0.454 e. The van der Waals surface area contributed by atoms with Crippen molar-refractivity contribution >= 4 is 171 Å². The Labute approximate surface area is 864 Å². The lowest BCUT2D eigenvalue weighted by Gasteiger charge is -2.26. The number of hydrogen-bond acceptors (Lipinski definition) is 6. The lowest BCUT2D eigenvalue weighted by Crippen LogP contribution is -2.14. The monoisotopic (exact) mass is 1900 g/mol. The molecule has 0 fully saturated rings. The summed E-state index contributed by atoms with van der Waals surface area (Å²) < 4.78 is 20.6. The van der Waals surface area contributed by atoms with Crippen LogP contribution in [-0.4, -0.2) is 0 Å². The van der Waals surface area contributed by atoms with Crippen LogP contribution >= 0.6 is 0 Å². The van der Waals surface area contributed by atoms with Gasteiger partial charge in [0.25, 0.3) is 0 Å². The van der Waals surface area contributed by atoms with Gasteiger partial charge in [-0.15, -0.1) is 0 Å². The summed E-state index contributed by atoms with van der Waals surface area (Å²) in [5.41, 5.74) is 36.5. The van der Waals surface area contributed by atoms with Gasteiger partial charge >= 0.3 is 0 Å². The van der Waals surface area contributed by atoms with E-state index in [1.165, 1.54) is 143 Å². The number of fused-ring (bicyclic) bond motifs is 18. The Bertz CT molecular complexity index is 9710. The van der Waals surface area contributed by atoms with Crippen molar-refractivity contribution in [1.82, 2.24) is 0 Å². The van der Waals surface area contributed by atoms with Crippen LogP contribution in [0.2, 0.25) is 0 Å². The van der Waals surface area contributed by atoms with Crippen LogP contribution in [0.5, 0.6) is 0 Å². The largest absolute Gasteiger partial charge is 0.454 e. The van der Waals surface area contributed by atoms with E-state index in [9.17, 15) is 0 Å². The molecule has 702 valence electrons. The fraction of sp³-hybridized carbons (Fsp3) is 0.0210. The zero-order valence-corrected chi connectivity index (χ0v) is 82.1. The minimum atomic E-state index is -0.0969. The summed E-state index contributed by atoms with van der Waals surface area (Å²) in [6.07, 6.45) is 0. The number of hydrogen-bond donors (Lipinski definition) is 0. The Hall–Kier alpha value is -19.4. The molecule has 25 aromatic carbocycles. The highest BCUT2D eigenvalue weighted by atomic mass is 16.3. The summed E-state index contributed by atoms with van der Waals surface area (Å²) in [5, 5.41) is 19.2. The maximum atomic E-state index is 7.09. The van der Waals surface area contributed by atoms with E-state index in [0.717, 1.165) is 128 Å². The molecule has 0 aliphatic heterocycles. The van der Waals surface area contributed by atoms with Crippen molar-refractivity contribution in [2.24, 2.45) is 0 Å². The molecule has 0 N–H and O–H groups in total. The SMILES string of the molecule is CC1(C)c2ccccc2-c2c1ccc1c2oc2c(N(c3ccc(-c4ccccc4)cc3)c3ccc(-c4cccc5ccccc45)cc3)cccc21.c1ccc(-c2cccc3c2oc2c(N(c4ccc(-c5cccc6ccccc56)cc4)c4ccc(-c5cccc6ccccc56)cc4)cccc23)cc1.c1ccc2c(-c3ccc(N(c4ccc(-c5cccc6ccccc56)cc4)c4cccc5c4oc4ccccc45)cc3)cccc2c1. The third-order valence-corrected chi connectivity index (χ3v) is 30.2. The van der Waals surface area contributed by atoms with E-state index in [0.29, 0.717) is 0 Å². The van der Waals surface area contributed by atoms with E-state index < -0.39 is 0 Å². The molecule has 3 aromatic heterocycles. The molecular formula is C143H97N3O3. The Kier molecular flexibility index (Phi) is 22.2. The van der Waals surface area contributed by atoms with E-state index in [2.05, 4.69) is 568 Å². The molecule has 28 aromatic rings. The summed E-state index contributed by atoms with van der Waals surface area (Å²) in [6.45, 7) is 4.64. The highest BCUT2D eigenvalue weighted by Gasteiger charge is 2.38. The zero-order chi connectivity index (χ0) is 99.0. The number of nitrogens with zero attached hydrogens (tertiary/aromatic N) is 3. The van der Waals surface area contributed by atoms with Crippen LogP contribution in [0.1, 0.15) is 25.0 Å². The molecule has 0 spiro atoms. The van der Waals surface area contributed by atoms with Crippen molar-refractivity contribution in [3.8, 4) is 89.0 Å². The molecule has 0 unspecified atom stereocenters. The van der Waals surface area contributed by atoms with Gasteiger partial charge in [-0.2, -0.15) is 0 Å². The molecule has 6 heteroatoms. The van der Waals surface area contributed by atoms with Gasteiger partial charge in [-0.1, -0.05) is 469 Å². The maximum absolute atomic E-state index is 7.09. The van der Waals surface area contributed by atoms with Gasteiger partial charge in [0.05, 0.1) is 17.1 Å². The fourth-order valence-corrected chi connectivity index (χ4v) is 23.0. The highest BCUT2D eigenvalue weighted by molar-refractivity contribution is 6.18. The first kappa shape index (κ1) is 88.5. The van der Waals surface area contributed by atoms with Crippen LogP contribution in [0, 0.1) is 0 Å². The number of benzene rings is 25. The molecule has 0 saturated carbocycles. The van der Waals surface area contributed by atoms with Gasteiger partial charge in [-0.25, -0.2) is 0 Å². The molecule has 0 radical (unpaired) electrons. The summed E-state index contributed by atoms with van der Waals surface area (Å²) in [5.74, 6) is 0. The third kappa shape index (κ3) is 15.9. The van der Waals surface area contributed by atoms with Crippen LogP contribution in [0.3, 0.4) is 0 Å². The van der Waals surface area contributed by atoms with Crippen molar-refractivity contribution in [3.63, 3.8) is 0 Å². The van der Waals surface area contributed by atoms with E-state index >= 15 is 0 Å². The van der Waals surface area contributed by atoms with Crippen molar-refractivity contribution < 1.29 is 13.3 Å². The molecule has 6 nitrogen and oxygen atoms in total. The molecule has 0 atom stereocenters. The Morgan fingerprint density at radius 2 is 0.389 bits per heavy atom. The van der Waals surface area contributed by atoms with Crippen LogP contribution in [0.4, 0.5) is 51.2 Å². The minimum absolute atomic E-state index is 0.0969. The number of para-hydroxylation sites is 5. The predicted octanol–water partition coefficient (Wildman–Crippen LogP) is 40.9. The number of furan rings is 3. The zero-order valence-electron chi connectivity index (χ0n) is 82.1. The average molecular weight is 1910 g/mol. The summed E-state index contributed by atoms with van der Waals surface area (Å²) >= 11 is 0. The van der Waals surface area contributed by atoms with Crippen LogP contribution < -0.4 is 14.7 Å². The highest BCUT2D eigenvalue weighted by Crippen LogP contribution is 2.56. The van der Waals surface area contributed by atoms with Gasteiger partial charge in [0, 0.05) is 83.0 Å². The van der Waals surface area contributed by atoms with Gasteiger partial charge in [0.2, 0.25) is 0 Å². The van der Waals surface area contributed by atoms with E-state index in [1.807, 2.05) is 12.1 Å². The standard InChI is InChI=1S/C50H33NO.C49H35NO.C44H29NO/c1-2-12-36(13-3-1)45-22-10-23-46-47-24-11-25-48(50(47)52-49(45)46)51(39-30-26-37(27-31-39)43-20-8-16-34-14-4-6-18-41(34)43)40-32-28-38(29-33-40)44-21-9-17-35-15-5-7-19-42(35)44;1-49(2)43-20-9-8-17-42(43)46-44(49)31-30-41-40-19-11-21-45(47(40)51-48(41)46)50(36-26-22-33(23-27-36)32-12-4-3-5-13-32)37-28-24-35(25-29-37)39-18-10-15-34-14-6-7-16-38(34)39;1-3-14-36-30(10-1)12-7-17-38(36)32-22-26-34(27-23-32)45(42-20-9-19-41-40-16-5-6-21-43(40)46-44(41)42)35-28-24-33(25-29-35)39-18-8-13-31-11-2-4-15-37(31)39/h1-33H;3-31H,1-2H3;1-29H. The molecule has 0 bridgehead atoms. The quantitative estimate of drug-likeness (QED) is 0.0961. The van der Waals surface area contributed by atoms with E-state index in [4.69, 9.17) is 13.3 Å². The van der Waals surface area contributed by atoms with E-state index in [-0.39, 0.29) is 5.41 Å². The van der Waals surface area contributed by atoms with Crippen molar-refractivity contribution in [2.45, 2.75) is 19.3 Å². The van der Waals surface area contributed by atoms with Gasteiger partial charge < -0.3 is 28.0 Å². The van der Waals surface area contributed by atoms with Crippen LogP contribution in [0.15, 0.2) is 565 Å². The lowest BCUT2D eigenvalue weighted by molar-refractivity contribution is 0.653. The number of rotatable bonds is 16. The maximum Gasteiger partial charge on any atom is 0.159 e. The summed E-state index contributed by atoms with van der Waals surface area (Å²) in [4.78, 5) is 6.97. The Morgan fingerprint density at radius 1 is 0.148 bits per heavy atom. The van der Waals surface area contributed by atoms with Crippen LogP contribution in [-0.2, 0) is 5.41 Å². The third-order valence-electron chi connectivity index (χ3n) is 30.2. The van der Waals surface area contributed by atoms with Crippen molar-refractivity contribution in [1.29, 1.82) is 0 Å². The number of anilines is 9. The fourth-order valence-electron chi connectivity index (χ4n) is 23.0. The predicted molar refractivity (Wildman–Crippen MR) is 628 cm³/mol. The Morgan fingerprint density at radius 3 is 0.772 bits per heavy atom. The smallest absolute Gasteiger partial charge is 0.159 e. The topological polar surface area (TPSA) is 49.1 Å². The molecule has 149 heavy (non-hydrogen) atoms. The molecule has 29 rings (SSSR count). The second kappa shape index (κ2) is 37.4. The van der Waals surface area contributed by atoms with Gasteiger partial charge in [-0.3, -0.25) is 0 Å². The first-order valence-electron chi connectivity index (χ1n) is 51.1. The van der Waals surface area contributed by atoms with Crippen molar-refractivity contribution in [2.75, 3.05) is 14.7 Å².